The van der Waals surface area contributed by atoms with Crippen LogP contribution in [0.2, 0.25) is 0 Å². The van der Waals surface area contributed by atoms with E-state index in [1.165, 1.54) is 12.3 Å². The van der Waals surface area contributed by atoms with E-state index in [1.54, 1.807) is 20.6 Å². The van der Waals surface area contributed by atoms with Gasteiger partial charge in [0.1, 0.15) is 30.3 Å². The first-order valence-electron chi connectivity index (χ1n) is 19.5. The van der Waals surface area contributed by atoms with Crippen LogP contribution >= 0.6 is 0 Å². The maximum Gasteiger partial charge on any atom is 0.410 e. The van der Waals surface area contributed by atoms with Gasteiger partial charge in [0.15, 0.2) is 5.78 Å². The fraction of sp³-hybridized carbons (Fsp3) is 0.429. The Morgan fingerprint density at radius 2 is 1.64 bits per heavy atom. The molecular weight excluding hydrogens is 748 g/mol. The van der Waals surface area contributed by atoms with Crippen molar-refractivity contribution in [1.82, 2.24) is 35.0 Å². The van der Waals surface area contributed by atoms with Crippen molar-refractivity contribution in [2.24, 2.45) is 11.8 Å². The Bertz CT molecular complexity index is 2060. The van der Waals surface area contributed by atoms with Gasteiger partial charge in [-0.15, -0.1) is 5.10 Å². The van der Waals surface area contributed by atoms with Gasteiger partial charge in [0, 0.05) is 51.2 Å². The van der Waals surface area contributed by atoms with Crippen molar-refractivity contribution in [1.29, 1.82) is 0 Å². The predicted octanol–water partition coefficient (Wildman–Crippen LogP) is 5.61. The molecule has 1 fully saturated rings. The van der Waals surface area contributed by atoms with Gasteiger partial charge in [-0.3, -0.25) is 4.79 Å². The molecule has 1 aromatic heterocycles. The van der Waals surface area contributed by atoms with Gasteiger partial charge in [0.05, 0.1) is 35.4 Å². The molecule has 1 saturated heterocycles. The molecule has 1 aliphatic carbocycles. The maximum atomic E-state index is 15.3. The SMILES string of the molecule is CCN1C=C(C(=O)O)C(=O)C2C=C(F)C(N3CCN(C(=O)OCc4ccc(NC[C@H](C)n5cc([C@@](C)(NC(=O)OCc6ccccc6)C(C)C)nn5)cc4)CC3)=CC21. The molecule has 3 heterocycles. The second kappa shape index (κ2) is 17.9. The molecule has 6 rings (SSSR count). The minimum Gasteiger partial charge on any atom is -0.478 e. The second-order valence-corrected chi connectivity index (χ2v) is 15.2. The van der Waals surface area contributed by atoms with E-state index in [0.717, 1.165) is 16.8 Å². The predicted molar refractivity (Wildman–Crippen MR) is 213 cm³/mol. The van der Waals surface area contributed by atoms with Crippen LogP contribution in [0.5, 0.6) is 0 Å². The van der Waals surface area contributed by atoms with Crippen molar-refractivity contribution in [3.63, 3.8) is 0 Å². The number of Topliss-reactive ketones (excluding diaryl/α,β-unsaturated/α-hetero) is 1. The lowest BCUT2D eigenvalue weighted by atomic mass is 9.82. The number of carboxylic acids is 1. The molecule has 3 aliphatic rings. The van der Waals surface area contributed by atoms with E-state index in [4.69, 9.17) is 9.47 Å². The van der Waals surface area contributed by atoms with E-state index in [-0.39, 0.29) is 30.7 Å². The van der Waals surface area contributed by atoms with Gasteiger partial charge in [-0.25, -0.2) is 23.5 Å². The smallest absolute Gasteiger partial charge is 0.410 e. The first kappa shape index (κ1) is 41.4. The number of hydrogen-bond donors (Lipinski definition) is 3. The Morgan fingerprint density at radius 1 is 0.966 bits per heavy atom. The number of benzene rings is 2. The number of rotatable bonds is 14. The average molecular weight is 799 g/mol. The zero-order valence-electron chi connectivity index (χ0n) is 33.4. The molecule has 0 spiro atoms. The van der Waals surface area contributed by atoms with Crippen molar-refractivity contribution in [3.05, 3.63) is 113 Å². The molecule has 0 bridgehead atoms. The molecule has 4 atom stereocenters. The number of likely N-dealkylation sites (N-methyl/N-ethyl adjacent to an activating group) is 1. The highest BCUT2D eigenvalue weighted by Gasteiger charge is 2.42. The summed E-state index contributed by atoms with van der Waals surface area (Å²) in [6.07, 6.45) is 5.08. The van der Waals surface area contributed by atoms with Crippen LogP contribution in [0.1, 0.15) is 57.5 Å². The summed E-state index contributed by atoms with van der Waals surface area (Å²) in [5.41, 5.74) is 2.37. The monoisotopic (exact) mass is 798 g/mol. The number of nitrogens with one attached hydrogen (secondary N) is 2. The number of carbonyl (C=O) groups excluding carboxylic acids is 3. The Morgan fingerprint density at radius 3 is 2.29 bits per heavy atom. The van der Waals surface area contributed by atoms with E-state index < -0.39 is 47.3 Å². The van der Waals surface area contributed by atoms with Crippen molar-refractivity contribution >= 4 is 29.6 Å². The number of alkyl carbamates (subject to hydrolysis) is 1. The molecular formula is C42H51FN8O7. The van der Waals surface area contributed by atoms with Crippen molar-refractivity contribution in [2.75, 3.05) is 44.6 Å². The second-order valence-electron chi connectivity index (χ2n) is 15.2. The van der Waals surface area contributed by atoms with E-state index in [0.29, 0.717) is 50.7 Å². The summed E-state index contributed by atoms with van der Waals surface area (Å²) < 4.78 is 28.2. The van der Waals surface area contributed by atoms with Gasteiger partial charge < -0.3 is 39.9 Å². The lowest BCUT2D eigenvalue weighted by Crippen LogP contribution is -2.50. The van der Waals surface area contributed by atoms with E-state index in [2.05, 4.69) is 20.9 Å². The molecule has 3 aromatic rings. The number of fused-ring (bicyclic) bond motifs is 1. The minimum absolute atomic E-state index is 0.00382. The van der Waals surface area contributed by atoms with Crippen LogP contribution in [-0.4, -0.2) is 104 Å². The van der Waals surface area contributed by atoms with Gasteiger partial charge in [0.2, 0.25) is 0 Å². The van der Waals surface area contributed by atoms with Crippen LogP contribution in [0, 0.1) is 11.8 Å². The number of anilines is 1. The average Bonchev–Trinajstić information content (AvgIpc) is 3.73. The third kappa shape index (κ3) is 9.32. The van der Waals surface area contributed by atoms with Gasteiger partial charge >= 0.3 is 18.2 Å². The Kier molecular flexibility index (Phi) is 12.8. The van der Waals surface area contributed by atoms with E-state index in [1.807, 2.05) is 100 Å². The Balaban J connectivity index is 0.948. The van der Waals surface area contributed by atoms with E-state index >= 15 is 4.39 Å². The number of carbonyl (C=O) groups is 4. The molecule has 2 unspecified atom stereocenters. The van der Waals surface area contributed by atoms with Gasteiger partial charge in [0.25, 0.3) is 0 Å². The highest BCUT2D eigenvalue weighted by atomic mass is 19.1. The fourth-order valence-corrected chi connectivity index (χ4v) is 7.08. The summed E-state index contributed by atoms with van der Waals surface area (Å²) in [6, 6.07) is 16.5. The molecule has 2 amide bonds. The quantitative estimate of drug-likeness (QED) is 0.173. The van der Waals surface area contributed by atoms with Crippen molar-refractivity contribution in [2.45, 2.75) is 65.5 Å². The maximum absolute atomic E-state index is 15.3. The number of piperazine rings is 1. The zero-order valence-corrected chi connectivity index (χ0v) is 33.4. The van der Waals surface area contributed by atoms with Crippen LogP contribution in [-0.2, 0) is 37.8 Å². The lowest BCUT2D eigenvalue weighted by molar-refractivity contribution is -0.136. The minimum atomic E-state index is -1.33. The zero-order chi connectivity index (χ0) is 41.6. The molecule has 16 heteroatoms. The number of hydrogen-bond acceptors (Lipinski definition) is 11. The molecule has 0 radical (unpaired) electrons. The Labute approximate surface area is 337 Å². The van der Waals surface area contributed by atoms with Crippen LogP contribution in [0.25, 0.3) is 0 Å². The lowest BCUT2D eigenvalue weighted by Gasteiger charge is -2.42. The van der Waals surface area contributed by atoms with Crippen LogP contribution in [0.15, 0.2) is 96.2 Å². The third-order valence-corrected chi connectivity index (χ3v) is 11.1. The first-order valence-corrected chi connectivity index (χ1v) is 19.5. The van der Waals surface area contributed by atoms with Gasteiger partial charge in [-0.1, -0.05) is 61.5 Å². The number of aromatic nitrogens is 3. The highest BCUT2D eigenvalue weighted by Crippen LogP contribution is 2.35. The number of halogens is 1. The summed E-state index contributed by atoms with van der Waals surface area (Å²) in [5, 5.41) is 24.6. The summed E-state index contributed by atoms with van der Waals surface area (Å²) in [5.74, 6) is -3.44. The number of ether oxygens (including phenoxy) is 2. The molecule has 3 N–H and O–H groups in total. The molecule has 58 heavy (non-hydrogen) atoms. The summed E-state index contributed by atoms with van der Waals surface area (Å²) in [4.78, 5) is 55.3. The van der Waals surface area contributed by atoms with Gasteiger partial charge in [-0.2, -0.15) is 0 Å². The van der Waals surface area contributed by atoms with Crippen molar-refractivity contribution in [3.8, 4) is 0 Å². The highest BCUT2D eigenvalue weighted by molar-refractivity contribution is 6.18. The van der Waals surface area contributed by atoms with E-state index in [9.17, 15) is 24.3 Å². The fourth-order valence-electron chi connectivity index (χ4n) is 7.08. The largest absolute Gasteiger partial charge is 0.478 e. The standard InChI is InChI=1S/C42H51FN8O7/c1-6-48-23-33(39(53)54)38(52)32-20-34(43)36(21-35(32)48)49-16-18-50(19-17-49)41(56)58-26-30-12-14-31(15-13-30)44-22-28(4)51-24-37(46-47-51)42(5,27(2)3)45-40(55)57-25-29-10-8-7-9-11-29/h7-15,20-21,23-24,27-28,32,35,44H,6,16-19,22,25-26H2,1-5H3,(H,45,55)(H,53,54)/t28-,32?,35?,42-/m0/s1. The number of ketones is 1. The van der Waals surface area contributed by atoms with Crippen LogP contribution in [0.3, 0.4) is 0 Å². The topological polar surface area (TPSA) is 171 Å². The number of allylic oxidation sites excluding steroid dienone is 1. The number of amides is 2. The number of aliphatic carboxylic acids is 1. The van der Waals surface area contributed by atoms with Crippen LogP contribution < -0.4 is 10.6 Å². The molecule has 15 nitrogen and oxygen atoms in total. The molecule has 2 aromatic carbocycles. The molecule has 0 saturated carbocycles. The first-order chi connectivity index (χ1) is 27.8. The third-order valence-electron chi connectivity index (χ3n) is 11.1. The van der Waals surface area contributed by atoms with Gasteiger partial charge in [-0.05, 0) is 62.1 Å². The summed E-state index contributed by atoms with van der Waals surface area (Å²) in [7, 11) is 0. The number of nitrogens with zero attached hydrogens (tertiary/aromatic N) is 6. The molecule has 2 aliphatic heterocycles. The molecule has 308 valence electrons. The van der Waals surface area contributed by atoms with Crippen LogP contribution in [0.4, 0.5) is 19.7 Å². The Hall–Kier alpha value is -6.19. The normalized spacial score (nSPS) is 19.6. The summed E-state index contributed by atoms with van der Waals surface area (Å²) in [6.45, 7) is 12.4. The number of carboxylic acid groups (broad SMARTS) is 1. The summed E-state index contributed by atoms with van der Waals surface area (Å²) >= 11 is 0. The van der Waals surface area contributed by atoms with Crippen molar-refractivity contribution < 1.29 is 38.1 Å².